The third kappa shape index (κ3) is 4.61. The normalized spacial score (nSPS) is 12.8. The van der Waals surface area contributed by atoms with Crippen molar-refractivity contribution in [3.63, 3.8) is 0 Å². The van der Waals surface area contributed by atoms with Crippen molar-refractivity contribution in [1.29, 1.82) is 0 Å². The van der Waals surface area contributed by atoms with Crippen LogP contribution in [0.3, 0.4) is 0 Å². The average Bonchev–Trinajstić information content (AvgIpc) is 2.15. The van der Waals surface area contributed by atoms with Crippen molar-refractivity contribution in [3.8, 4) is 0 Å². The summed E-state index contributed by atoms with van der Waals surface area (Å²) in [6.45, 7) is 3.86. The lowest BCUT2D eigenvalue weighted by Gasteiger charge is -2.06. The second-order valence-electron chi connectivity index (χ2n) is 3.57. The zero-order valence-electron chi connectivity index (χ0n) is 8.46. The van der Waals surface area contributed by atoms with E-state index in [4.69, 9.17) is 17.3 Å². The Morgan fingerprint density at radius 2 is 2.00 bits per heavy atom. The molecule has 0 amide bonds. The number of nitrogens with two attached hydrogens (primary N) is 1. The van der Waals surface area contributed by atoms with Gasteiger partial charge in [0.15, 0.2) is 0 Å². The van der Waals surface area contributed by atoms with Gasteiger partial charge in [-0.15, -0.1) is 0 Å². The van der Waals surface area contributed by atoms with Crippen molar-refractivity contribution < 1.29 is 0 Å². The molecule has 0 spiro atoms. The molecule has 0 aliphatic heterocycles. The number of rotatable bonds is 5. The SMILES string of the molecule is CC(N)CCNCc1ccc(Cl)cc1. The molecule has 0 radical (unpaired) electrons. The molecule has 78 valence electrons. The van der Waals surface area contributed by atoms with Crippen LogP contribution in [0.1, 0.15) is 18.9 Å². The van der Waals surface area contributed by atoms with Gasteiger partial charge in [-0.25, -0.2) is 0 Å². The molecule has 0 saturated carbocycles. The molecule has 3 heteroatoms. The number of benzene rings is 1. The van der Waals surface area contributed by atoms with E-state index in [1.54, 1.807) is 0 Å². The van der Waals surface area contributed by atoms with Gasteiger partial charge in [0.05, 0.1) is 0 Å². The summed E-state index contributed by atoms with van der Waals surface area (Å²) in [5, 5.41) is 4.11. The molecule has 0 aliphatic rings. The zero-order chi connectivity index (χ0) is 10.4. The van der Waals surface area contributed by atoms with E-state index < -0.39 is 0 Å². The van der Waals surface area contributed by atoms with Crippen molar-refractivity contribution in [2.24, 2.45) is 5.73 Å². The fourth-order valence-electron chi connectivity index (χ4n) is 1.16. The Balaban J connectivity index is 2.21. The van der Waals surface area contributed by atoms with Gasteiger partial charge in [-0.1, -0.05) is 23.7 Å². The van der Waals surface area contributed by atoms with Crippen LogP contribution in [0.5, 0.6) is 0 Å². The Morgan fingerprint density at radius 3 is 2.57 bits per heavy atom. The molecule has 2 nitrogen and oxygen atoms in total. The van der Waals surface area contributed by atoms with Crippen molar-refractivity contribution >= 4 is 11.6 Å². The molecule has 0 aliphatic carbocycles. The van der Waals surface area contributed by atoms with Gasteiger partial charge < -0.3 is 11.1 Å². The summed E-state index contributed by atoms with van der Waals surface area (Å²) in [5.74, 6) is 0. The van der Waals surface area contributed by atoms with Crippen LogP contribution in [-0.4, -0.2) is 12.6 Å². The van der Waals surface area contributed by atoms with Crippen molar-refractivity contribution in [1.82, 2.24) is 5.32 Å². The second-order valence-corrected chi connectivity index (χ2v) is 4.01. The fourth-order valence-corrected chi connectivity index (χ4v) is 1.29. The van der Waals surface area contributed by atoms with Gasteiger partial charge >= 0.3 is 0 Å². The van der Waals surface area contributed by atoms with Crippen LogP contribution in [0.2, 0.25) is 5.02 Å². The number of hydrogen-bond donors (Lipinski definition) is 2. The van der Waals surface area contributed by atoms with Crippen LogP contribution in [0, 0.1) is 0 Å². The second kappa shape index (κ2) is 6.02. The van der Waals surface area contributed by atoms with E-state index in [1.165, 1.54) is 5.56 Å². The monoisotopic (exact) mass is 212 g/mol. The maximum absolute atomic E-state index is 5.78. The van der Waals surface area contributed by atoms with Gasteiger partial charge in [0.1, 0.15) is 0 Å². The fraction of sp³-hybridized carbons (Fsp3) is 0.455. The van der Waals surface area contributed by atoms with E-state index >= 15 is 0 Å². The molecule has 1 aromatic carbocycles. The molecule has 1 unspecified atom stereocenters. The highest BCUT2D eigenvalue weighted by Gasteiger charge is 1.95. The Bertz CT molecular complexity index is 256. The van der Waals surface area contributed by atoms with Gasteiger partial charge in [-0.2, -0.15) is 0 Å². The predicted molar refractivity (Wildman–Crippen MR) is 61.4 cm³/mol. The van der Waals surface area contributed by atoms with Crippen molar-refractivity contribution in [3.05, 3.63) is 34.9 Å². The first-order valence-corrected chi connectivity index (χ1v) is 5.27. The topological polar surface area (TPSA) is 38.0 Å². The van der Waals surface area contributed by atoms with Gasteiger partial charge in [0.2, 0.25) is 0 Å². The number of halogens is 1. The minimum atomic E-state index is 0.271. The maximum Gasteiger partial charge on any atom is 0.0406 e. The quantitative estimate of drug-likeness (QED) is 0.735. The molecule has 14 heavy (non-hydrogen) atoms. The Labute approximate surface area is 90.4 Å². The summed E-state index contributed by atoms with van der Waals surface area (Å²) in [7, 11) is 0. The maximum atomic E-state index is 5.78. The van der Waals surface area contributed by atoms with Gasteiger partial charge in [-0.3, -0.25) is 0 Å². The molecule has 1 rings (SSSR count). The number of nitrogens with one attached hydrogen (secondary N) is 1. The highest BCUT2D eigenvalue weighted by molar-refractivity contribution is 6.30. The summed E-state index contributed by atoms with van der Waals surface area (Å²) < 4.78 is 0. The summed E-state index contributed by atoms with van der Waals surface area (Å²) in [4.78, 5) is 0. The molecule has 0 heterocycles. The van der Waals surface area contributed by atoms with Gasteiger partial charge in [0, 0.05) is 17.6 Å². The molecule has 0 saturated heterocycles. The third-order valence-corrected chi connectivity index (χ3v) is 2.27. The summed E-state index contributed by atoms with van der Waals surface area (Å²) >= 11 is 5.78. The van der Waals surface area contributed by atoms with Crippen LogP contribution >= 0.6 is 11.6 Å². The van der Waals surface area contributed by atoms with E-state index in [1.807, 2.05) is 31.2 Å². The first-order valence-electron chi connectivity index (χ1n) is 4.89. The largest absolute Gasteiger partial charge is 0.328 e. The lowest BCUT2D eigenvalue weighted by Crippen LogP contribution is -2.23. The summed E-state index contributed by atoms with van der Waals surface area (Å²) in [6, 6.07) is 8.14. The average molecular weight is 213 g/mol. The molecular formula is C11H17ClN2. The van der Waals surface area contributed by atoms with Crippen LogP contribution < -0.4 is 11.1 Å². The lowest BCUT2D eigenvalue weighted by molar-refractivity contribution is 0.589. The van der Waals surface area contributed by atoms with E-state index in [0.29, 0.717) is 0 Å². The molecule has 0 aromatic heterocycles. The molecular weight excluding hydrogens is 196 g/mol. The van der Waals surface area contributed by atoms with E-state index in [9.17, 15) is 0 Å². The molecule has 1 aromatic rings. The van der Waals surface area contributed by atoms with Gasteiger partial charge in [-0.05, 0) is 37.6 Å². The van der Waals surface area contributed by atoms with E-state index in [0.717, 1.165) is 24.5 Å². The molecule has 0 bridgehead atoms. The van der Waals surface area contributed by atoms with Crippen molar-refractivity contribution in [2.75, 3.05) is 6.54 Å². The van der Waals surface area contributed by atoms with Crippen LogP contribution in [-0.2, 0) is 6.54 Å². The molecule has 3 N–H and O–H groups in total. The zero-order valence-corrected chi connectivity index (χ0v) is 9.22. The Kier molecular flexibility index (Phi) is 4.94. The number of hydrogen-bond acceptors (Lipinski definition) is 2. The van der Waals surface area contributed by atoms with Crippen LogP contribution in [0.25, 0.3) is 0 Å². The molecule has 1 atom stereocenters. The molecule has 0 fully saturated rings. The van der Waals surface area contributed by atoms with Crippen molar-refractivity contribution in [2.45, 2.75) is 25.9 Å². The Hall–Kier alpha value is -0.570. The highest BCUT2D eigenvalue weighted by atomic mass is 35.5. The van der Waals surface area contributed by atoms with Crippen LogP contribution in [0.4, 0.5) is 0 Å². The van der Waals surface area contributed by atoms with E-state index in [2.05, 4.69) is 5.32 Å². The smallest absolute Gasteiger partial charge is 0.0406 e. The lowest BCUT2D eigenvalue weighted by atomic mass is 10.2. The minimum Gasteiger partial charge on any atom is -0.328 e. The first-order chi connectivity index (χ1) is 6.68. The van der Waals surface area contributed by atoms with Gasteiger partial charge in [0.25, 0.3) is 0 Å². The standard InChI is InChI=1S/C11H17ClN2/c1-9(13)6-7-14-8-10-2-4-11(12)5-3-10/h2-5,9,14H,6-8,13H2,1H3. The summed E-state index contributed by atoms with van der Waals surface area (Å²) in [5.41, 5.74) is 6.88. The Morgan fingerprint density at radius 1 is 1.36 bits per heavy atom. The third-order valence-electron chi connectivity index (χ3n) is 2.02. The minimum absolute atomic E-state index is 0.271. The highest BCUT2D eigenvalue weighted by Crippen LogP contribution is 2.08. The van der Waals surface area contributed by atoms with E-state index in [-0.39, 0.29) is 6.04 Å². The predicted octanol–water partition coefficient (Wildman–Crippen LogP) is 2.17. The van der Waals surface area contributed by atoms with Crippen LogP contribution in [0.15, 0.2) is 24.3 Å². The summed E-state index contributed by atoms with van der Waals surface area (Å²) in [6.07, 6.45) is 1.01. The first kappa shape index (κ1) is 11.5.